The maximum absolute atomic E-state index is 13.5. The van der Waals surface area contributed by atoms with Gasteiger partial charge in [-0.3, -0.25) is 19.2 Å². The summed E-state index contributed by atoms with van der Waals surface area (Å²) in [6.07, 6.45) is 0.632. The summed E-state index contributed by atoms with van der Waals surface area (Å²) in [6, 6.07) is 8.04. The first-order valence-corrected chi connectivity index (χ1v) is 10.3. The van der Waals surface area contributed by atoms with E-state index in [0.29, 0.717) is 30.3 Å². The maximum Gasteiger partial charge on any atom is 0.358 e. The molecule has 1 aromatic carbocycles. The summed E-state index contributed by atoms with van der Waals surface area (Å²) in [5, 5.41) is 7.60. The molecule has 31 heavy (non-hydrogen) atoms. The standard InChI is InChI=1S/C21H25ClN4O5/c1-4-31-19(28)16-12-17-18(27)26(15-8-6-14(22)7-9-15)21(2,13-25(17)24-16)20(29)23-10-5-11-30-3/h6-9,12H,4-5,10-11,13H2,1-3H3,(H,23,29). The molecule has 0 aliphatic carbocycles. The van der Waals surface area contributed by atoms with Crippen LogP contribution in [-0.2, 0) is 20.8 Å². The molecule has 2 heterocycles. The fourth-order valence-electron chi connectivity index (χ4n) is 3.49. The zero-order chi connectivity index (χ0) is 22.6. The topological polar surface area (TPSA) is 103 Å². The highest BCUT2D eigenvalue weighted by Gasteiger charge is 2.49. The molecule has 0 spiro atoms. The average molecular weight is 449 g/mol. The number of halogens is 1. The first kappa shape index (κ1) is 22.8. The normalized spacial score (nSPS) is 17.9. The lowest BCUT2D eigenvalue weighted by molar-refractivity contribution is -0.126. The van der Waals surface area contributed by atoms with Crippen molar-refractivity contribution in [2.45, 2.75) is 32.4 Å². The summed E-state index contributed by atoms with van der Waals surface area (Å²) in [5.41, 5.74) is -0.564. The molecule has 1 unspecified atom stereocenters. The van der Waals surface area contributed by atoms with Crippen LogP contribution in [0.2, 0.25) is 5.02 Å². The molecule has 0 saturated heterocycles. The third-order valence-corrected chi connectivity index (χ3v) is 5.27. The lowest BCUT2D eigenvalue weighted by atomic mass is 9.94. The number of ether oxygens (including phenoxy) is 2. The number of nitrogens with one attached hydrogen (secondary N) is 1. The van der Waals surface area contributed by atoms with Crippen molar-refractivity contribution in [1.82, 2.24) is 15.1 Å². The van der Waals surface area contributed by atoms with E-state index in [1.807, 2.05) is 0 Å². The van der Waals surface area contributed by atoms with Crippen LogP contribution in [0.4, 0.5) is 5.69 Å². The van der Waals surface area contributed by atoms with Crippen LogP contribution in [0.15, 0.2) is 30.3 Å². The van der Waals surface area contributed by atoms with Gasteiger partial charge in [0.2, 0.25) is 5.91 Å². The van der Waals surface area contributed by atoms with Crippen molar-refractivity contribution in [3.8, 4) is 0 Å². The molecule has 1 aromatic heterocycles. The second-order valence-electron chi connectivity index (χ2n) is 7.29. The Bertz CT molecular complexity index is 975. The van der Waals surface area contributed by atoms with Crippen molar-refractivity contribution in [2.24, 2.45) is 0 Å². The fraction of sp³-hybridized carbons (Fsp3) is 0.429. The summed E-state index contributed by atoms with van der Waals surface area (Å²) in [6.45, 7) is 4.50. The van der Waals surface area contributed by atoms with Crippen molar-refractivity contribution in [1.29, 1.82) is 0 Å². The Morgan fingerprint density at radius 3 is 2.65 bits per heavy atom. The Balaban J connectivity index is 2.00. The molecule has 1 N–H and O–H groups in total. The number of carbonyl (C=O) groups is 3. The van der Waals surface area contributed by atoms with E-state index >= 15 is 0 Å². The predicted molar refractivity (Wildman–Crippen MR) is 114 cm³/mol. The molecule has 0 saturated carbocycles. The summed E-state index contributed by atoms with van der Waals surface area (Å²) in [7, 11) is 1.59. The molecule has 0 radical (unpaired) electrons. The van der Waals surface area contributed by atoms with E-state index in [2.05, 4.69) is 10.4 Å². The summed E-state index contributed by atoms with van der Waals surface area (Å²) in [4.78, 5) is 40.2. The van der Waals surface area contributed by atoms with Crippen molar-refractivity contribution in [2.75, 3.05) is 31.8 Å². The average Bonchev–Trinajstić information content (AvgIpc) is 3.17. The van der Waals surface area contributed by atoms with E-state index in [1.54, 1.807) is 45.2 Å². The van der Waals surface area contributed by atoms with Gasteiger partial charge in [0.1, 0.15) is 11.2 Å². The molecule has 166 valence electrons. The van der Waals surface area contributed by atoms with E-state index in [4.69, 9.17) is 21.1 Å². The van der Waals surface area contributed by atoms with Gasteiger partial charge >= 0.3 is 5.97 Å². The zero-order valence-electron chi connectivity index (χ0n) is 17.7. The number of anilines is 1. The fourth-order valence-corrected chi connectivity index (χ4v) is 3.62. The van der Waals surface area contributed by atoms with Gasteiger partial charge in [0.05, 0.1) is 13.2 Å². The van der Waals surface area contributed by atoms with E-state index < -0.39 is 17.4 Å². The maximum atomic E-state index is 13.5. The smallest absolute Gasteiger partial charge is 0.358 e. The molecule has 0 bridgehead atoms. The molecule has 10 heteroatoms. The molecule has 2 amide bonds. The molecule has 0 fully saturated rings. The second kappa shape index (κ2) is 9.49. The van der Waals surface area contributed by atoms with E-state index in [0.717, 1.165) is 0 Å². The number of carbonyl (C=O) groups excluding carboxylic acids is 3. The van der Waals surface area contributed by atoms with Crippen LogP contribution >= 0.6 is 11.6 Å². The van der Waals surface area contributed by atoms with Crippen molar-refractivity contribution < 1.29 is 23.9 Å². The molecule has 2 aromatic rings. The van der Waals surface area contributed by atoms with Gasteiger partial charge in [0, 0.05) is 37.0 Å². The van der Waals surface area contributed by atoms with Crippen LogP contribution in [0, 0.1) is 0 Å². The van der Waals surface area contributed by atoms with Crippen molar-refractivity contribution in [3.05, 3.63) is 46.7 Å². The third kappa shape index (κ3) is 4.57. The predicted octanol–water partition coefficient (Wildman–Crippen LogP) is 2.29. The number of esters is 1. The van der Waals surface area contributed by atoms with Gasteiger partial charge in [-0.1, -0.05) is 11.6 Å². The molecule has 1 aliphatic rings. The van der Waals surface area contributed by atoms with Gasteiger partial charge in [-0.25, -0.2) is 4.79 Å². The molecule has 1 atom stereocenters. The number of fused-ring (bicyclic) bond motifs is 1. The quantitative estimate of drug-likeness (QED) is 0.491. The molecule has 9 nitrogen and oxygen atoms in total. The van der Waals surface area contributed by atoms with Gasteiger partial charge in [-0.2, -0.15) is 5.10 Å². The van der Waals surface area contributed by atoms with Crippen molar-refractivity contribution >= 4 is 35.1 Å². The minimum absolute atomic E-state index is 0.0195. The summed E-state index contributed by atoms with van der Waals surface area (Å²) >= 11 is 6.01. The van der Waals surface area contributed by atoms with Crippen LogP contribution in [0.5, 0.6) is 0 Å². The van der Waals surface area contributed by atoms with E-state index in [9.17, 15) is 14.4 Å². The number of hydrogen-bond acceptors (Lipinski definition) is 6. The van der Waals surface area contributed by atoms with Crippen molar-refractivity contribution in [3.63, 3.8) is 0 Å². The van der Waals surface area contributed by atoms with Crippen LogP contribution in [0.3, 0.4) is 0 Å². The number of nitrogens with zero attached hydrogens (tertiary/aromatic N) is 3. The van der Waals surface area contributed by atoms with Crippen LogP contribution < -0.4 is 10.2 Å². The molecule has 3 rings (SSSR count). The van der Waals surface area contributed by atoms with Gasteiger partial charge in [-0.05, 0) is 44.5 Å². The highest BCUT2D eigenvalue weighted by Crippen LogP contribution is 2.33. The van der Waals surface area contributed by atoms with Crippen LogP contribution in [0.25, 0.3) is 0 Å². The number of amides is 2. The van der Waals surface area contributed by atoms with E-state index in [1.165, 1.54) is 15.6 Å². The van der Waals surface area contributed by atoms with Crippen LogP contribution in [0.1, 0.15) is 41.2 Å². The number of rotatable bonds is 8. The summed E-state index contributed by atoms with van der Waals surface area (Å²) < 4.78 is 11.4. The first-order valence-electron chi connectivity index (χ1n) is 9.94. The Hall–Kier alpha value is -2.91. The lowest BCUT2D eigenvalue weighted by Gasteiger charge is -2.43. The van der Waals surface area contributed by atoms with Crippen LogP contribution in [-0.4, -0.2) is 60.0 Å². The molecular formula is C21H25ClN4O5. The Morgan fingerprint density at radius 1 is 1.29 bits per heavy atom. The highest BCUT2D eigenvalue weighted by molar-refractivity contribution is 6.30. The van der Waals surface area contributed by atoms with E-state index in [-0.39, 0.29) is 30.4 Å². The zero-order valence-corrected chi connectivity index (χ0v) is 18.4. The molecule has 1 aliphatic heterocycles. The van der Waals surface area contributed by atoms with Gasteiger partial charge < -0.3 is 14.8 Å². The Kier molecular flexibility index (Phi) is 6.97. The minimum atomic E-state index is -1.29. The Morgan fingerprint density at radius 2 is 2.00 bits per heavy atom. The lowest BCUT2D eigenvalue weighted by Crippen LogP contribution is -2.64. The number of benzene rings is 1. The minimum Gasteiger partial charge on any atom is -0.461 e. The SMILES string of the molecule is CCOC(=O)c1cc2n(n1)CC(C)(C(=O)NCCCOC)N(c1ccc(Cl)cc1)C2=O. The van der Waals surface area contributed by atoms with Gasteiger partial charge in [0.15, 0.2) is 5.69 Å². The highest BCUT2D eigenvalue weighted by atomic mass is 35.5. The largest absolute Gasteiger partial charge is 0.461 e. The summed E-state index contributed by atoms with van der Waals surface area (Å²) in [5.74, 6) is -1.42. The first-order chi connectivity index (χ1) is 14.8. The van der Waals surface area contributed by atoms with Gasteiger partial charge in [-0.15, -0.1) is 0 Å². The number of methoxy groups -OCH3 is 1. The monoisotopic (exact) mass is 448 g/mol. The number of hydrogen-bond donors (Lipinski definition) is 1. The third-order valence-electron chi connectivity index (χ3n) is 5.02. The Labute approximate surface area is 185 Å². The molecular weight excluding hydrogens is 424 g/mol. The second-order valence-corrected chi connectivity index (χ2v) is 7.72. The number of aromatic nitrogens is 2. The van der Waals surface area contributed by atoms with Gasteiger partial charge in [0.25, 0.3) is 5.91 Å².